The van der Waals surface area contributed by atoms with Crippen molar-refractivity contribution in [3.63, 3.8) is 0 Å². The van der Waals surface area contributed by atoms with Crippen LogP contribution >= 0.6 is 0 Å². The molecule has 0 aromatic carbocycles. The Morgan fingerprint density at radius 2 is 0.905 bits per heavy atom. The second-order valence-corrected chi connectivity index (χ2v) is 18.1. The Labute approximate surface area is 386 Å². The summed E-state index contributed by atoms with van der Waals surface area (Å²) >= 11 is 0. The molecule has 0 spiro atoms. The summed E-state index contributed by atoms with van der Waals surface area (Å²) in [5.41, 5.74) is 0. The Morgan fingerprint density at radius 3 is 1.35 bits per heavy atom. The van der Waals surface area contributed by atoms with Gasteiger partial charge in [0.15, 0.2) is 6.10 Å². The second kappa shape index (κ2) is 45.6. The maximum absolute atomic E-state index is 12.8. The number of carboxylic acid groups (broad SMARTS) is 1. The topological polar surface area (TPSA) is 108 Å². The number of nitrogens with zero attached hydrogens (tertiary/aromatic N) is 1. The molecule has 0 aromatic rings. The summed E-state index contributed by atoms with van der Waals surface area (Å²) in [5.74, 6) is -2.02. The minimum atomic E-state index is -1.51. The standard InChI is InChI=1S/C54H95NO8/c1-6-8-10-12-14-16-18-20-22-23-24-25-26-27-28-29-31-33-35-37-39-41-43-45-52(57)63-50(49-62-54(53(58)59)60-47-46-55(3,4)5)48-61-51(56)44-42-40-38-36-34-32-30-21-19-17-15-13-11-9-7-2/h8,10,14,16,20,22,24-25,27-28,50,54H,6-7,9,11-13,15,17-19,21,23,26,29-49H2,1-5H3/p+1/b10-8-,16-14-,22-20-,25-24-,28-27-. The van der Waals surface area contributed by atoms with Gasteiger partial charge in [0.2, 0.25) is 0 Å². The number of unbranched alkanes of at least 4 members (excludes halogenated alkanes) is 21. The predicted molar refractivity (Wildman–Crippen MR) is 263 cm³/mol. The molecular formula is C54H96NO8+. The van der Waals surface area contributed by atoms with Crippen LogP contribution in [-0.4, -0.2) is 87.4 Å². The fourth-order valence-corrected chi connectivity index (χ4v) is 6.86. The minimum Gasteiger partial charge on any atom is -0.477 e. The normalized spacial score (nSPS) is 13.3. The van der Waals surface area contributed by atoms with E-state index in [1.54, 1.807) is 0 Å². The number of hydrogen-bond acceptors (Lipinski definition) is 7. The van der Waals surface area contributed by atoms with Crippen molar-refractivity contribution in [3.05, 3.63) is 60.8 Å². The van der Waals surface area contributed by atoms with Gasteiger partial charge in [-0.2, -0.15) is 0 Å². The summed E-state index contributed by atoms with van der Waals surface area (Å²) in [7, 11) is 5.95. The van der Waals surface area contributed by atoms with Gasteiger partial charge in [-0.25, -0.2) is 4.79 Å². The van der Waals surface area contributed by atoms with E-state index in [4.69, 9.17) is 18.9 Å². The maximum Gasteiger partial charge on any atom is 0.361 e. The van der Waals surface area contributed by atoms with Crippen LogP contribution in [0, 0.1) is 0 Å². The van der Waals surface area contributed by atoms with Crippen molar-refractivity contribution in [1.82, 2.24) is 0 Å². The molecule has 0 saturated heterocycles. The quantitative estimate of drug-likeness (QED) is 0.0212. The minimum absolute atomic E-state index is 0.184. The lowest BCUT2D eigenvalue weighted by Gasteiger charge is -2.25. The van der Waals surface area contributed by atoms with Gasteiger partial charge in [-0.1, -0.05) is 197 Å². The highest BCUT2D eigenvalue weighted by Gasteiger charge is 2.25. The monoisotopic (exact) mass is 887 g/mol. The van der Waals surface area contributed by atoms with Gasteiger partial charge >= 0.3 is 17.9 Å². The van der Waals surface area contributed by atoms with Gasteiger partial charge < -0.3 is 28.5 Å². The lowest BCUT2D eigenvalue weighted by atomic mass is 10.0. The summed E-state index contributed by atoms with van der Waals surface area (Å²) in [6.45, 7) is 4.75. The number of likely N-dealkylation sites (N-methyl/N-ethyl adjacent to an activating group) is 1. The van der Waals surface area contributed by atoms with Crippen LogP contribution in [-0.2, 0) is 33.3 Å². The van der Waals surface area contributed by atoms with Crippen LogP contribution in [0.25, 0.3) is 0 Å². The van der Waals surface area contributed by atoms with Crippen molar-refractivity contribution in [2.24, 2.45) is 0 Å². The predicted octanol–water partition coefficient (Wildman–Crippen LogP) is 14.1. The molecule has 2 atom stereocenters. The van der Waals surface area contributed by atoms with Gasteiger partial charge in [-0.15, -0.1) is 0 Å². The molecule has 63 heavy (non-hydrogen) atoms. The molecule has 0 radical (unpaired) electrons. The molecule has 0 aliphatic rings. The number of hydrogen-bond donors (Lipinski definition) is 1. The second-order valence-electron chi connectivity index (χ2n) is 18.1. The average Bonchev–Trinajstić information content (AvgIpc) is 3.24. The molecule has 0 saturated carbocycles. The third kappa shape index (κ3) is 46.8. The first-order chi connectivity index (χ1) is 30.6. The van der Waals surface area contributed by atoms with E-state index < -0.39 is 24.3 Å². The van der Waals surface area contributed by atoms with Crippen LogP contribution in [0.1, 0.15) is 206 Å². The maximum atomic E-state index is 12.8. The number of aliphatic carboxylic acids is 1. The summed E-state index contributed by atoms with van der Waals surface area (Å²) in [4.78, 5) is 37.3. The molecule has 0 bridgehead atoms. The molecule has 0 aliphatic heterocycles. The Kier molecular flexibility index (Phi) is 43.4. The Balaban J connectivity index is 4.36. The lowest BCUT2D eigenvalue weighted by molar-refractivity contribution is -0.870. The van der Waals surface area contributed by atoms with E-state index in [0.29, 0.717) is 23.9 Å². The number of ether oxygens (including phenoxy) is 4. The first kappa shape index (κ1) is 60.0. The lowest BCUT2D eigenvalue weighted by Crippen LogP contribution is -2.40. The van der Waals surface area contributed by atoms with E-state index >= 15 is 0 Å². The van der Waals surface area contributed by atoms with E-state index in [1.165, 1.54) is 96.3 Å². The summed E-state index contributed by atoms with van der Waals surface area (Å²) in [6.07, 6.45) is 52.8. The van der Waals surface area contributed by atoms with Gasteiger partial charge in [0, 0.05) is 12.8 Å². The van der Waals surface area contributed by atoms with E-state index in [1.807, 2.05) is 21.1 Å². The Bertz CT molecular complexity index is 1220. The molecular weight excluding hydrogens is 791 g/mol. The fourth-order valence-electron chi connectivity index (χ4n) is 6.86. The third-order valence-electron chi connectivity index (χ3n) is 10.8. The highest BCUT2D eigenvalue weighted by atomic mass is 16.7. The molecule has 9 heteroatoms. The third-order valence-corrected chi connectivity index (χ3v) is 10.8. The molecule has 0 aromatic heterocycles. The molecule has 2 unspecified atom stereocenters. The van der Waals surface area contributed by atoms with Crippen molar-refractivity contribution in [1.29, 1.82) is 0 Å². The molecule has 0 fully saturated rings. The molecule has 0 rings (SSSR count). The van der Waals surface area contributed by atoms with E-state index in [-0.39, 0.29) is 32.2 Å². The molecule has 9 nitrogen and oxygen atoms in total. The zero-order valence-electron chi connectivity index (χ0n) is 41.2. The molecule has 1 N–H and O–H groups in total. The van der Waals surface area contributed by atoms with Crippen molar-refractivity contribution >= 4 is 17.9 Å². The Hall–Kier alpha value is -3.01. The van der Waals surface area contributed by atoms with Crippen LogP contribution in [0.2, 0.25) is 0 Å². The average molecular weight is 887 g/mol. The Morgan fingerprint density at radius 1 is 0.492 bits per heavy atom. The summed E-state index contributed by atoms with van der Waals surface area (Å²) in [5, 5.41) is 9.67. The first-order valence-electron chi connectivity index (χ1n) is 25.5. The van der Waals surface area contributed by atoms with Gasteiger partial charge in [-0.05, 0) is 57.8 Å². The number of quaternary nitrogens is 1. The SMILES string of the molecule is CC/C=C\C/C=C\C/C=C\C/C=C\C/C=C\CCCCCCCCCC(=O)OC(COC(=O)CCCCCCCCCCCCCCCCC)COC(OCC[N+](C)(C)C)C(=O)O. The van der Waals surface area contributed by atoms with Crippen LogP contribution in [0.5, 0.6) is 0 Å². The molecule has 364 valence electrons. The van der Waals surface area contributed by atoms with E-state index in [9.17, 15) is 19.5 Å². The summed E-state index contributed by atoms with van der Waals surface area (Å²) < 4.78 is 22.8. The van der Waals surface area contributed by atoms with Crippen molar-refractivity contribution in [2.45, 2.75) is 219 Å². The highest BCUT2D eigenvalue weighted by molar-refractivity contribution is 5.71. The number of esters is 2. The molecule has 0 heterocycles. The largest absolute Gasteiger partial charge is 0.477 e. The number of carbonyl (C=O) groups excluding carboxylic acids is 2. The van der Waals surface area contributed by atoms with Crippen LogP contribution in [0.4, 0.5) is 0 Å². The first-order valence-corrected chi connectivity index (χ1v) is 25.5. The van der Waals surface area contributed by atoms with Crippen LogP contribution in [0.3, 0.4) is 0 Å². The van der Waals surface area contributed by atoms with Gasteiger partial charge in [0.05, 0.1) is 34.4 Å². The van der Waals surface area contributed by atoms with Gasteiger partial charge in [0.25, 0.3) is 6.29 Å². The van der Waals surface area contributed by atoms with Crippen molar-refractivity contribution in [3.8, 4) is 0 Å². The molecule has 0 aliphatic carbocycles. The van der Waals surface area contributed by atoms with Crippen molar-refractivity contribution in [2.75, 3.05) is 47.5 Å². The van der Waals surface area contributed by atoms with Crippen molar-refractivity contribution < 1.29 is 42.9 Å². The van der Waals surface area contributed by atoms with Gasteiger partial charge in [0.1, 0.15) is 13.2 Å². The zero-order chi connectivity index (χ0) is 46.3. The number of carbonyl (C=O) groups is 3. The molecule has 0 amide bonds. The van der Waals surface area contributed by atoms with E-state index in [0.717, 1.165) is 77.0 Å². The highest BCUT2D eigenvalue weighted by Crippen LogP contribution is 2.15. The zero-order valence-corrected chi connectivity index (χ0v) is 41.2. The van der Waals surface area contributed by atoms with Crippen LogP contribution < -0.4 is 0 Å². The van der Waals surface area contributed by atoms with Crippen LogP contribution in [0.15, 0.2) is 60.8 Å². The summed E-state index contributed by atoms with van der Waals surface area (Å²) in [6, 6.07) is 0. The smallest absolute Gasteiger partial charge is 0.361 e. The van der Waals surface area contributed by atoms with Gasteiger partial charge in [-0.3, -0.25) is 9.59 Å². The van der Waals surface area contributed by atoms with E-state index in [2.05, 4.69) is 74.6 Å². The fraction of sp³-hybridized carbons (Fsp3) is 0.759. The number of rotatable bonds is 46. The number of carboxylic acids is 1. The number of allylic oxidation sites excluding steroid dienone is 10.